The number of hydrogen-bond donors (Lipinski definition) is 1. The monoisotopic (exact) mass is 357 g/mol. The van der Waals surface area contributed by atoms with E-state index in [-0.39, 0.29) is 18.0 Å². The lowest BCUT2D eigenvalue weighted by molar-refractivity contribution is -0.132. The average molecular weight is 357 g/mol. The van der Waals surface area contributed by atoms with Crippen molar-refractivity contribution in [2.24, 2.45) is 0 Å². The predicted molar refractivity (Wildman–Crippen MR) is 95.3 cm³/mol. The highest BCUT2D eigenvalue weighted by molar-refractivity contribution is 5.87. The Morgan fingerprint density at radius 3 is 2.81 bits per heavy atom. The zero-order valence-corrected chi connectivity index (χ0v) is 15.0. The van der Waals surface area contributed by atoms with Gasteiger partial charge in [-0.05, 0) is 25.0 Å². The van der Waals surface area contributed by atoms with Gasteiger partial charge < -0.3 is 19.6 Å². The fourth-order valence-corrected chi connectivity index (χ4v) is 3.00. The molecule has 138 valence electrons. The van der Waals surface area contributed by atoms with Gasteiger partial charge in [-0.15, -0.1) is 0 Å². The summed E-state index contributed by atoms with van der Waals surface area (Å²) in [7, 11) is 3.41. The van der Waals surface area contributed by atoms with E-state index in [0.717, 1.165) is 12.0 Å². The lowest BCUT2D eigenvalue weighted by Crippen LogP contribution is -2.49. The van der Waals surface area contributed by atoms with Gasteiger partial charge >= 0.3 is 6.03 Å². The molecule has 26 heavy (non-hydrogen) atoms. The number of aromatic nitrogens is 2. The maximum Gasteiger partial charge on any atom is 0.318 e. The molecule has 1 saturated heterocycles. The van der Waals surface area contributed by atoms with Gasteiger partial charge in [0.05, 0.1) is 0 Å². The van der Waals surface area contributed by atoms with E-state index >= 15 is 0 Å². The van der Waals surface area contributed by atoms with E-state index in [9.17, 15) is 9.59 Å². The molecule has 1 aromatic carbocycles. The van der Waals surface area contributed by atoms with Crippen LogP contribution < -0.4 is 5.32 Å². The number of nitrogens with one attached hydrogen (secondary N) is 1. The van der Waals surface area contributed by atoms with Crippen molar-refractivity contribution in [1.82, 2.24) is 25.3 Å². The highest BCUT2D eigenvalue weighted by Gasteiger charge is 2.34. The molecule has 0 saturated carbocycles. The van der Waals surface area contributed by atoms with E-state index in [2.05, 4.69) is 15.5 Å². The molecule has 0 bridgehead atoms. The van der Waals surface area contributed by atoms with E-state index in [4.69, 9.17) is 4.52 Å². The number of hydrogen-bond acceptors (Lipinski definition) is 5. The molecule has 2 aromatic rings. The molecule has 1 aliphatic heterocycles. The van der Waals surface area contributed by atoms with E-state index in [1.54, 1.807) is 19.0 Å². The van der Waals surface area contributed by atoms with Crippen LogP contribution in [0.4, 0.5) is 4.79 Å². The summed E-state index contributed by atoms with van der Waals surface area (Å²) in [5, 5.41) is 6.78. The largest absolute Gasteiger partial charge is 0.347 e. The molecule has 1 N–H and O–H groups in total. The quantitative estimate of drug-likeness (QED) is 0.876. The second kappa shape index (κ2) is 7.99. The molecule has 1 aliphatic rings. The fraction of sp³-hybridized carbons (Fsp3) is 0.444. The highest BCUT2D eigenvalue weighted by atomic mass is 16.5. The van der Waals surface area contributed by atoms with Gasteiger partial charge in [0.25, 0.3) is 5.89 Å². The Bertz CT molecular complexity index is 759. The van der Waals surface area contributed by atoms with Crippen molar-refractivity contribution in [3.8, 4) is 11.5 Å². The molecule has 0 aliphatic carbocycles. The third-order valence-corrected chi connectivity index (χ3v) is 4.35. The zero-order chi connectivity index (χ0) is 18.5. The summed E-state index contributed by atoms with van der Waals surface area (Å²) in [4.78, 5) is 32.0. The molecule has 3 rings (SSSR count). The summed E-state index contributed by atoms with van der Waals surface area (Å²) in [5.74, 6) is 0.956. The van der Waals surface area contributed by atoms with Crippen LogP contribution in [-0.4, -0.2) is 65.1 Å². The highest BCUT2D eigenvalue weighted by Crippen LogP contribution is 2.19. The first kappa shape index (κ1) is 17.9. The molecule has 1 fully saturated rings. The van der Waals surface area contributed by atoms with Gasteiger partial charge in [-0.25, -0.2) is 4.79 Å². The molecule has 8 heteroatoms. The Morgan fingerprint density at radius 2 is 2.08 bits per heavy atom. The van der Waals surface area contributed by atoms with E-state index in [1.807, 2.05) is 30.3 Å². The molecule has 1 atom stereocenters. The average Bonchev–Trinajstić information content (AvgIpc) is 3.31. The smallest absolute Gasteiger partial charge is 0.318 e. The zero-order valence-electron chi connectivity index (χ0n) is 15.0. The number of benzene rings is 1. The topological polar surface area (TPSA) is 91.6 Å². The van der Waals surface area contributed by atoms with Crippen LogP contribution in [0.1, 0.15) is 18.7 Å². The van der Waals surface area contributed by atoms with Gasteiger partial charge in [0, 0.05) is 39.2 Å². The summed E-state index contributed by atoms with van der Waals surface area (Å²) in [6, 6.07) is 8.92. The lowest BCUT2D eigenvalue weighted by Gasteiger charge is -2.26. The first-order valence-electron chi connectivity index (χ1n) is 8.70. The number of carbonyl (C=O) groups is 2. The van der Waals surface area contributed by atoms with Crippen molar-refractivity contribution in [3.63, 3.8) is 0 Å². The van der Waals surface area contributed by atoms with Crippen molar-refractivity contribution in [3.05, 3.63) is 36.2 Å². The number of amides is 3. The number of nitrogens with zero attached hydrogens (tertiary/aromatic N) is 4. The van der Waals surface area contributed by atoms with E-state index < -0.39 is 0 Å². The van der Waals surface area contributed by atoms with Crippen molar-refractivity contribution in [2.75, 3.05) is 27.2 Å². The summed E-state index contributed by atoms with van der Waals surface area (Å²) >= 11 is 0. The Balaban J connectivity index is 1.51. The molecule has 8 nitrogen and oxygen atoms in total. The third kappa shape index (κ3) is 4.01. The number of likely N-dealkylation sites (N-methyl/N-ethyl adjacent to an activating group) is 1. The number of carbonyl (C=O) groups excluding carboxylic acids is 2. The van der Waals surface area contributed by atoms with Crippen LogP contribution in [0.25, 0.3) is 11.5 Å². The third-order valence-electron chi connectivity index (χ3n) is 4.35. The fourth-order valence-electron chi connectivity index (χ4n) is 3.00. The molecular formula is C18H23N5O3. The van der Waals surface area contributed by atoms with Gasteiger partial charge in [-0.3, -0.25) is 4.79 Å². The van der Waals surface area contributed by atoms with Crippen molar-refractivity contribution >= 4 is 11.9 Å². The Morgan fingerprint density at radius 1 is 1.31 bits per heavy atom. The predicted octanol–water partition coefficient (Wildman–Crippen LogP) is 1.54. The summed E-state index contributed by atoms with van der Waals surface area (Å²) in [6.45, 7) is 0.975. The van der Waals surface area contributed by atoms with Crippen LogP contribution in [0.5, 0.6) is 0 Å². The number of likely N-dealkylation sites (tertiary alicyclic amines) is 1. The van der Waals surface area contributed by atoms with E-state index in [0.29, 0.717) is 37.6 Å². The minimum atomic E-state index is -0.375. The first-order chi connectivity index (χ1) is 12.6. The minimum absolute atomic E-state index is 0.0386. The molecule has 1 unspecified atom stereocenters. The Hall–Kier alpha value is -2.90. The first-order valence-corrected chi connectivity index (χ1v) is 8.70. The molecule has 0 spiro atoms. The second-order valence-corrected chi connectivity index (χ2v) is 6.45. The lowest BCUT2D eigenvalue weighted by atomic mass is 10.2. The molecule has 0 radical (unpaired) electrons. The van der Waals surface area contributed by atoms with Gasteiger partial charge in [-0.1, -0.05) is 23.4 Å². The molecular weight excluding hydrogens is 334 g/mol. The molecule has 2 heterocycles. The number of urea groups is 1. The maximum atomic E-state index is 12.4. The van der Waals surface area contributed by atoms with Crippen molar-refractivity contribution in [2.45, 2.75) is 25.3 Å². The SMILES string of the molecule is CN(C)C(=O)C1CCCN1C(=O)NCCc1noc(-c2ccccc2)n1. The van der Waals surface area contributed by atoms with Gasteiger partial charge in [0.2, 0.25) is 5.91 Å². The molecule has 3 amide bonds. The van der Waals surface area contributed by atoms with Crippen LogP contribution in [0, 0.1) is 0 Å². The van der Waals surface area contributed by atoms with Crippen LogP contribution >= 0.6 is 0 Å². The summed E-state index contributed by atoms with van der Waals surface area (Å²) in [6.07, 6.45) is 2.00. The summed E-state index contributed by atoms with van der Waals surface area (Å²) in [5.41, 5.74) is 0.859. The Labute approximate surface area is 152 Å². The standard InChI is InChI=1S/C18H23N5O3/c1-22(2)17(24)14-9-6-12-23(14)18(25)19-11-10-15-20-16(26-21-15)13-7-4-3-5-8-13/h3-5,7-8,14H,6,9-12H2,1-2H3,(H,19,25). The van der Waals surface area contributed by atoms with Gasteiger partial charge in [0.1, 0.15) is 6.04 Å². The number of rotatable bonds is 5. The maximum absolute atomic E-state index is 12.4. The van der Waals surface area contributed by atoms with Crippen molar-refractivity contribution in [1.29, 1.82) is 0 Å². The van der Waals surface area contributed by atoms with E-state index in [1.165, 1.54) is 4.90 Å². The Kier molecular flexibility index (Phi) is 5.50. The van der Waals surface area contributed by atoms with Gasteiger partial charge in [-0.2, -0.15) is 4.98 Å². The normalized spacial score (nSPS) is 16.5. The van der Waals surface area contributed by atoms with Gasteiger partial charge in [0.15, 0.2) is 5.82 Å². The molecule has 1 aromatic heterocycles. The van der Waals surface area contributed by atoms with Crippen LogP contribution in [-0.2, 0) is 11.2 Å². The van der Waals surface area contributed by atoms with Crippen molar-refractivity contribution < 1.29 is 14.1 Å². The van der Waals surface area contributed by atoms with Crippen LogP contribution in [0.15, 0.2) is 34.9 Å². The van der Waals surface area contributed by atoms with Crippen LogP contribution in [0.3, 0.4) is 0 Å². The second-order valence-electron chi connectivity index (χ2n) is 6.45. The van der Waals surface area contributed by atoms with Crippen LogP contribution in [0.2, 0.25) is 0 Å². The summed E-state index contributed by atoms with van der Waals surface area (Å²) < 4.78 is 5.25. The minimum Gasteiger partial charge on any atom is -0.347 e.